The van der Waals surface area contributed by atoms with E-state index in [1.807, 2.05) is 0 Å². The first-order valence-electron chi connectivity index (χ1n) is 4.77. The molecular weight excluding hydrogens is 239 g/mol. The summed E-state index contributed by atoms with van der Waals surface area (Å²) in [6.45, 7) is 1.06. The third-order valence-electron chi connectivity index (χ3n) is 1.80. The molecule has 1 heterocycles. The van der Waals surface area contributed by atoms with Gasteiger partial charge in [-0.05, 0) is 6.92 Å². The molecular formula is C8H12F3N5O. The highest BCUT2D eigenvalue weighted by molar-refractivity contribution is 5.75. The molecule has 0 spiro atoms. The van der Waals surface area contributed by atoms with Crippen molar-refractivity contribution in [2.75, 3.05) is 5.73 Å². The molecule has 1 aromatic heterocycles. The highest BCUT2D eigenvalue weighted by atomic mass is 19.4. The number of carbonyl (C=O) groups excluding carboxylic acids is 1. The molecule has 1 amide bonds. The van der Waals surface area contributed by atoms with Gasteiger partial charge in [0, 0.05) is 6.04 Å². The van der Waals surface area contributed by atoms with Gasteiger partial charge in [0.1, 0.15) is 12.9 Å². The van der Waals surface area contributed by atoms with E-state index in [1.54, 1.807) is 0 Å². The van der Waals surface area contributed by atoms with Gasteiger partial charge >= 0.3 is 6.18 Å². The van der Waals surface area contributed by atoms with Crippen LogP contribution in [0.3, 0.4) is 0 Å². The molecule has 1 aromatic rings. The largest absolute Gasteiger partial charge is 0.391 e. The lowest BCUT2D eigenvalue weighted by atomic mass is 10.2. The van der Waals surface area contributed by atoms with Crippen LogP contribution in [-0.4, -0.2) is 32.9 Å². The Morgan fingerprint density at radius 1 is 1.65 bits per heavy atom. The predicted molar refractivity (Wildman–Crippen MR) is 52.7 cm³/mol. The van der Waals surface area contributed by atoms with Crippen LogP contribution in [0.1, 0.15) is 13.3 Å². The van der Waals surface area contributed by atoms with Gasteiger partial charge in [-0.2, -0.15) is 13.2 Å². The lowest BCUT2D eigenvalue weighted by Crippen LogP contribution is -2.37. The highest BCUT2D eigenvalue weighted by Gasteiger charge is 2.30. The van der Waals surface area contributed by atoms with Gasteiger partial charge in [-0.25, -0.2) is 9.67 Å². The number of amides is 1. The molecule has 17 heavy (non-hydrogen) atoms. The first-order valence-corrected chi connectivity index (χ1v) is 4.77. The summed E-state index contributed by atoms with van der Waals surface area (Å²) in [5.41, 5.74) is 5.22. The van der Waals surface area contributed by atoms with Gasteiger partial charge < -0.3 is 11.1 Å². The number of aromatic nitrogens is 3. The SMILES string of the molecule is CC(CC(F)(F)F)NC(=O)Cn1cnc(N)n1. The fourth-order valence-electron chi connectivity index (χ4n) is 1.25. The van der Waals surface area contributed by atoms with Crippen LogP contribution in [-0.2, 0) is 11.3 Å². The Morgan fingerprint density at radius 2 is 2.29 bits per heavy atom. The average Bonchev–Trinajstić information content (AvgIpc) is 2.46. The van der Waals surface area contributed by atoms with E-state index >= 15 is 0 Å². The summed E-state index contributed by atoms with van der Waals surface area (Å²) >= 11 is 0. The molecule has 0 aromatic carbocycles. The van der Waals surface area contributed by atoms with Crippen molar-refractivity contribution in [2.24, 2.45) is 0 Å². The first-order chi connectivity index (χ1) is 7.76. The molecule has 1 atom stereocenters. The Kier molecular flexibility index (Phi) is 3.92. The van der Waals surface area contributed by atoms with Gasteiger partial charge in [0.15, 0.2) is 0 Å². The molecule has 0 radical (unpaired) electrons. The molecule has 0 aliphatic heterocycles. The van der Waals surface area contributed by atoms with Crippen LogP contribution in [0.15, 0.2) is 6.33 Å². The van der Waals surface area contributed by atoms with E-state index in [9.17, 15) is 18.0 Å². The van der Waals surface area contributed by atoms with Gasteiger partial charge in [0.05, 0.1) is 6.42 Å². The second kappa shape index (κ2) is 5.02. The predicted octanol–water partition coefficient (Wildman–Crippen LogP) is 0.317. The normalized spacial score (nSPS) is 13.4. The maximum absolute atomic E-state index is 12.0. The van der Waals surface area contributed by atoms with Crippen molar-refractivity contribution in [1.82, 2.24) is 20.1 Å². The zero-order chi connectivity index (χ0) is 13.1. The van der Waals surface area contributed by atoms with E-state index in [4.69, 9.17) is 5.73 Å². The van der Waals surface area contributed by atoms with E-state index in [2.05, 4.69) is 15.4 Å². The smallest absolute Gasteiger partial charge is 0.367 e. The van der Waals surface area contributed by atoms with Crippen LogP contribution in [0.2, 0.25) is 0 Å². The molecule has 0 aliphatic rings. The number of hydrogen-bond acceptors (Lipinski definition) is 4. The molecule has 96 valence electrons. The van der Waals surface area contributed by atoms with Crippen molar-refractivity contribution in [3.63, 3.8) is 0 Å². The van der Waals surface area contributed by atoms with Gasteiger partial charge in [0.2, 0.25) is 11.9 Å². The lowest BCUT2D eigenvalue weighted by molar-refractivity contribution is -0.141. The molecule has 1 unspecified atom stereocenters. The molecule has 0 aliphatic carbocycles. The summed E-state index contributed by atoms with van der Waals surface area (Å²) in [5, 5.41) is 5.84. The number of rotatable bonds is 4. The minimum atomic E-state index is -4.30. The Bertz CT molecular complexity index is 389. The van der Waals surface area contributed by atoms with Crippen molar-refractivity contribution < 1.29 is 18.0 Å². The number of anilines is 1. The third kappa shape index (κ3) is 5.18. The second-order valence-corrected chi connectivity index (χ2v) is 3.59. The number of nitrogens with two attached hydrogens (primary N) is 1. The number of carbonyl (C=O) groups is 1. The Balaban J connectivity index is 2.39. The molecule has 0 saturated heterocycles. The molecule has 9 heteroatoms. The van der Waals surface area contributed by atoms with Crippen LogP contribution >= 0.6 is 0 Å². The average molecular weight is 251 g/mol. The molecule has 0 fully saturated rings. The molecule has 3 N–H and O–H groups in total. The van der Waals surface area contributed by atoms with Crippen LogP contribution < -0.4 is 11.1 Å². The maximum atomic E-state index is 12.0. The summed E-state index contributed by atoms with van der Waals surface area (Å²) < 4.78 is 37.1. The Hall–Kier alpha value is -1.80. The number of alkyl halides is 3. The zero-order valence-corrected chi connectivity index (χ0v) is 9.03. The fourth-order valence-corrected chi connectivity index (χ4v) is 1.25. The van der Waals surface area contributed by atoms with Crippen molar-refractivity contribution in [3.05, 3.63) is 6.33 Å². The minimum Gasteiger partial charge on any atom is -0.367 e. The van der Waals surface area contributed by atoms with Crippen molar-refractivity contribution in [1.29, 1.82) is 0 Å². The van der Waals surface area contributed by atoms with Gasteiger partial charge in [-0.1, -0.05) is 0 Å². The van der Waals surface area contributed by atoms with E-state index in [0.29, 0.717) is 0 Å². The molecule has 6 nitrogen and oxygen atoms in total. The lowest BCUT2D eigenvalue weighted by Gasteiger charge is -2.15. The summed E-state index contributed by atoms with van der Waals surface area (Å²) in [5.74, 6) is -0.576. The van der Waals surface area contributed by atoms with E-state index in [1.165, 1.54) is 13.3 Å². The first kappa shape index (κ1) is 13.3. The van der Waals surface area contributed by atoms with E-state index < -0.39 is 24.5 Å². The zero-order valence-electron chi connectivity index (χ0n) is 9.03. The summed E-state index contributed by atoms with van der Waals surface area (Å²) in [7, 11) is 0. The molecule has 0 bridgehead atoms. The number of nitrogens with zero attached hydrogens (tertiary/aromatic N) is 3. The van der Waals surface area contributed by atoms with E-state index in [-0.39, 0.29) is 12.5 Å². The third-order valence-corrected chi connectivity index (χ3v) is 1.80. The minimum absolute atomic E-state index is 0.00106. The quantitative estimate of drug-likeness (QED) is 0.806. The number of halogens is 3. The number of hydrogen-bond donors (Lipinski definition) is 2. The van der Waals surface area contributed by atoms with Gasteiger partial charge in [0.25, 0.3) is 0 Å². The van der Waals surface area contributed by atoms with Crippen LogP contribution in [0.5, 0.6) is 0 Å². The molecule has 1 rings (SSSR count). The number of nitrogens with one attached hydrogen (secondary N) is 1. The Morgan fingerprint density at radius 3 is 2.76 bits per heavy atom. The van der Waals surface area contributed by atoms with Crippen molar-refractivity contribution in [2.45, 2.75) is 32.1 Å². The van der Waals surface area contributed by atoms with Crippen LogP contribution in [0.4, 0.5) is 19.1 Å². The fraction of sp³-hybridized carbons (Fsp3) is 0.625. The molecule has 0 saturated carbocycles. The van der Waals surface area contributed by atoms with E-state index in [0.717, 1.165) is 4.68 Å². The van der Waals surface area contributed by atoms with Gasteiger partial charge in [-0.3, -0.25) is 4.79 Å². The number of nitrogen functional groups attached to an aromatic ring is 1. The van der Waals surface area contributed by atoms with Gasteiger partial charge in [-0.15, -0.1) is 5.10 Å². The summed E-state index contributed by atoms with van der Waals surface area (Å²) in [6, 6.07) is -0.983. The second-order valence-electron chi connectivity index (χ2n) is 3.59. The van der Waals surface area contributed by atoms with Crippen LogP contribution in [0.25, 0.3) is 0 Å². The summed E-state index contributed by atoms with van der Waals surface area (Å²) in [4.78, 5) is 14.9. The summed E-state index contributed by atoms with van der Waals surface area (Å²) in [6.07, 6.45) is -4.15. The Labute approximate surface area is 95.0 Å². The van der Waals surface area contributed by atoms with Crippen molar-refractivity contribution in [3.8, 4) is 0 Å². The standard InChI is InChI=1S/C8H12F3N5O/c1-5(2-8(9,10)11)14-6(17)3-16-4-13-7(12)15-16/h4-5H,2-3H2,1H3,(H2,12,15)(H,14,17). The van der Waals surface area contributed by atoms with Crippen LogP contribution in [0, 0.1) is 0 Å². The maximum Gasteiger partial charge on any atom is 0.391 e. The highest BCUT2D eigenvalue weighted by Crippen LogP contribution is 2.21. The topological polar surface area (TPSA) is 85.8 Å². The monoisotopic (exact) mass is 251 g/mol. The van der Waals surface area contributed by atoms with Crippen molar-refractivity contribution >= 4 is 11.9 Å².